The van der Waals surface area contributed by atoms with E-state index in [0.717, 1.165) is 48.0 Å². The number of nitrogens with zero attached hydrogens (tertiary/aromatic N) is 3. The highest BCUT2D eigenvalue weighted by molar-refractivity contribution is 5.86. The highest BCUT2D eigenvalue weighted by Gasteiger charge is 2.40. The van der Waals surface area contributed by atoms with Crippen molar-refractivity contribution in [1.82, 2.24) is 14.7 Å². The molecule has 5 rings (SSSR count). The second-order valence-corrected chi connectivity index (χ2v) is 8.33. The molecule has 1 aliphatic carbocycles. The molecule has 1 amide bonds. The van der Waals surface area contributed by atoms with Gasteiger partial charge in [-0.15, -0.1) is 0 Å². The first-order chi connectivity index (χ1) is 14.5. The van der Waals surface area contributed by atoms with Crippen LogP contribution in [0.3, 0.4) is 0 Å². The van der Waals surface area contributed by atoms with Gasteiger partial charge in [0.1, 0.15) is 17.1 Å². The van der Waals surface area contributed by atoms with Crippen molar-refractivity contribution in [3.05, 3.63) is 47.5 Å². The van der Waals surface area contributed by atoms with E-state index in [2.05, 4.69) is 5.10 Å². The van der Waals surface area contributed by atoms with E-state index in [9.17, 15) is 9.59 Å². The Hall–Kier alpha value is -3.09. The maximum atomic E-state index is 13.2. The molecule has 2 aromatic heterocycles. The number of furan rings is 1. The zero-order valence-corrected chi connectivity index (χ0v) is 17.3. The average Bonchev–Trinajstić information content (AvgIpc) is 3.33. The lowest BCUT2D eigenvalue weighted by Crippen LogP contribution is -2.44. The number of benzene rings is 1. The summed E-state index contributed by atoms with van der Waals surface area (Å²) in [6, 6.07) is 5.20. The molecule has 0 spiro atoms. The number of carbonyl (C=O) groups excluding carboxylic acids is 2. The first-order valence-corrected chi connectivity index (χ1v) is 10.5. The van der Waals surface area contributed by atoms with E-state index in [4.69, 9.17) is 9.15 Å². The van der Waals surface area contributed by atoms with Crippen LogP contribution in [0.2, 0.25) is 0 Å². The smallest absolute Gasteiger partial charge is 0.316 e. The fraction of sp³-hybridized carbons (Fsp3) is 0.435. The summed E-state index contributed by atoms with van der Waals surface area (Å²) in [5, 5.41) is 5.25. The molecule has 3 aromatic rings. The van der Waals surface area contributed by atoms with Gasteiger partial charge in [-0.05, 0) is 43.9 Å². The van der Waals surface area contributed by atoms with Crippen LogP contribution in [0, 0.1) is 5.92 Å². The molecule has 1 aliphatic heterocycles. The third-order valence-electron chi connectivity index (χ3n) is 6.38. The number of piperidine rings is 1. The van der Waals surface area contributed by atoms with Crippen molar-refractivity contribution in [3.63, 3.8) is 0 Å². The van der Waals surface area contributed by atoms with Crippen LogP contribution in [-0.2, 0) is 29.5 Å². The molecule has 1 saturated heterocycles. The predicted molar refractivity (Wildman–Crippen MR) is 110 cm³/mol. The van der Waals surface area contributed by atoms with Gasteiger partial charge in [0, 0.05) is 49.6 Å². The molecule has 7 heteroatoms. The normalized spacial score (nSPS) is 21.7. The van der Waals surface area contributed by atoms with E-state index in [1.54, 1.807) is 28.9 Å². The number of aromatic nitrogens is 2. The van der Waals surface area contributed by atoms with Crippen LogP contribution in [0.5, 0.6) is 5.75 Å². The monoisotopic (exact) mass is 407 g/mol. The summed E-state index contributed by atoms with van der Waals surface area (Å²) in [7, 11) is 3.56. The van der Waals surface area contributed by atoms with E-state index in [-0.39, 0.29) is 17.9 Å². The van der Waals surface area contributed by atoms with E-state index in [0.29, 0.717) is 18.6 Å². The van der Waals surface area contributed by atoms with Gasteiger partial charge < -0.3 is 14.1 Å². The van der Waals surface area contributed by atoms with Crippen LogP contribution in [0.15, 0.2) is 35.0 Å². The van der Waals surface area contributed by atoms with Gasteiger partial charge >= 0.3 is 5.97 Å². The number of ether oxygens (including phenoxy) is 1. The van der Waals surface area contributed by atoms with Gasteiger partial charge in [-0.2, -0.15) is 5.10 Å². The number of esters is 1. The molecule has 30 heavy (non-hydrogen) atoms. The lowest BCUT2D eigenvalue weighted by atomic mass is 9.86. The standard InChI is InChI=1S/C23H25N3O4/c1-25-13-14(12-24-25)22-17(8-10-21(27)26(22)2)23(28)29-15-7-9-20-18(11-15)16-5-3-4-6-19(16)30-20/h7,9,11-13,17,22H,3-6,8,10H2,1-2H3. The van der Waals surface area contributed by atoms with Crippen molar-refractivity contribution >= 4 is 22.8 Å². The summed E-state index contributed by atoms with van der Waals surface area (Å²) < 4.78 is 13.5. The number of hydrogen-bond acceptors (Lipinski definition) is 5. The van der Waals surface area contributed by atoms with Gasteiger partial charge in [0.15, 0.2) is 0 Å². The van der Waals surface area contributed by atoms with Gasteiger partial charge in [-0.3, -0.25) is 14.3 Å². The largest absolute Gasteiger partial charge is 0.461 e. The Kier molecular flexibility index (Phi) is 4.60. The highest BCUT2D eigenvalue weighted by atomic mass is 16.5. The molecule has 1 aromatic carbocycles. The maximum absolute atomic E-state index is 13.2. The van der Waals surface area contributed by atoms with Crippen LogP contribution in [0.25, 0.3) is 11.0 Å². The first kappa shape index (κ1) is 18.9. The van der Waals surface area contributed by atoms with Gasteiger partial charge in [0.05, 0.1) is 18.2 Å². The van der Waals surface area contributed by atoms with E-state index < -0.39 is 5.92 Å². The second kappa shape index (κ2) is 7.31. The number of fused-ring (bicyclic) bond motifs is 3. The molecule has 1 fully saturated rings. The molecule has 2 unspecified atom stereocenters. The number of carbonyl (C=O) groups is 2. The third-order valence-corrected chi connectivity index (χ3v) is 6.38. The maximum Gasteiger partial charge on any atom is 0.316 e. The molecule has 3 heterocycles. The lowest BCUT2D eigenvalue weighted by molar-refractivity contribution is -0.148. The molecule has 2 atom stereocenters. The zero-order chi connectivity index (χ0) is 20.8. The van der Waals surface area contributed by atoms with Crippen molar-refractivity contribution < 1.29 is 18.7 Å². The summed E-state index contributed by atoms with van der Waals surface area (Å²) >= 11 is 0. The Morgan fingerprint density at radius 2 is 2.03 bits per heavy atom. The molecular formula is C23H25N3O4. The average molecular weight is 407 g/mol. The van der Waals surface area contributed by atoms with Crippen LogP contribution in [-0.4, -0.2) is 33.6 Å². The lowest BCUT2D eigenvalue weighted by Gasteiger charge is -2.37. The molecule has 7 nitrogen and oxygen atoms in total. The van der Waals surface area contributed by atoms with Crippen molar-refractivity contribution in [2.45, 2.75) is 44.6 Å². The summed E-state index contributed by atoms with van der Waals surface area (Å²) in [5.41, 5.74) is 2.93. The zero-order valence-electron chi connectivity index (χ0n) is 17.3. The minimum Gasteiger partial charge on any atom is -0.461 e. The predicted octanol–water partition coefficient (Wildman–Crippen LogP) is 3.56. The number of likely N-dealkylation sites (tertiary alicyclic amines) is 1. The Morgan fingerprint density at radius 3 is 2.83 bits per heavy atom. The summed E-state index contributed by atoms with van der Waals surface area (Å²) in [5.74, 6) is 0.847. The van der Waals surface area contributed by atoms with Crippen LogP contribution < -0.4 is 4.74 Å². The fourth-order valence-electron chi connectivity index (χ4n) is 4.83. The summed E-state index contributed by atoms with van der Waals surface area (Å²) in [4.78, 5) is 27.1. The van der Waals surface area contributed by atoms with Gasteiger partial charge in [0.2, 0.25) is 5.91 Å². The topological polar surface area (TPSA) is 77.6 Å². The summed E-state index contributed by atoms with van der Waals surface area (Å²) in [6.45, 7) is 0. The van der Waals surface area contributed by atoms with Gasteiger partial charge in [-0.1, -0.05) is 0 Å². The molecule has 0 bridgehead atoms. The quantitative estimate of drug-likeness (QED) is 0.490. The van der Waals surface area contributed by atoms with E-state index in [1.807, 2.05) is 25.4 Å². The van der Waals surface area contributed by atoms with E-state index >= 15 is 0 Å². The van der Waals surface area contributed by atoms with Crippen molar-refractivity contribution in [1.29, 1.82) is 0 Å². The summed E-state index contributed by atoms with van der Waals surface area (Å²) in [6.07, 6.45) is 8.63. The van der Waals surface area contributed by atoms with E-state index in [1.165, 1.54) is 5.56 Å². The molecule has 0 saturated carbocycles. The molecular weight excluding hydrogens is 382 g/mol. The minimum absolute atomic E-state index is 0.0272. The molecule has 0 N–H and O–H groups in total. The fourth-order valence-corrected chi connectivity index (χ4v) is 4.83. The Labute approximate surface area is 174 Å². The second-order valence-electron chi connectivity index (χ2n) is 8.33. The molecule has 0 radical (unpaired) electrons. The van der Waals surface area contributed by atoms with Crippen LogP contribution in [0.4, 0.5) is 0 Å². The van der Waals surface area contributed by atoms with Crippen molar-refractivity contribution in [3.8, 4) is 5.75 Å². The van der Waals surface area contributed by atoms with Crippen LogP contribution in [0.1, 0.15) is 48.6 Å². The minimum atomic E-state index is -0.439. The number of hydrogen-bond donors (Lipinski definition) is 0. The van der Waals surface area contributed by atoms with Crippen molar-refractivity contribution in [2.24, 2.45) is 13.0 Å². The van der Waals surface area contributed by atoms with Gasteiger partial charge in [-0.25, -0.2) is 0 Å². The molecule has 2 aliphatic rings. The first-order valence-electron chi connectivity index (χ1n) is 10.5. The third kappa shape index (κ3) is 3.18. The Balaban J connectivity index is 1.42. The highest BCUT2D eigenvalue weighted by Crippen LogP contribution is 2.38. The SMILES string of the molecule is CN1C(=O)CCC(C(=O)Oc2ccc3oc4c(c3c2)CCCC4)C1c1cnn(C)c1. The van der Waals surface area contributed by atoms with Crippen LogP contribution >= 0.6 is 0 Å². The van der Waals surface area contributed by atoms with Gasteiger partial charge in [0.25, 0.3) is 0 Å². The Bertz CT molecular complexity index is 1130. The Morgan fingerprint density at radius 1 is 1.20 bits per heavy atom. The number of rotatable bonds is 3. The number of aryl methyl sites for hydroxylation is 3. The molecule has 156 valence electrons. The number of amides is 1. The van der Waals surface area contributed by atoms with Crippen molar-refractivity contribution in [2.75, 3.05) is 7.05 Å².